The second-order valence-electron chi connectivity index (χ2n) is 9.34. The van der Waals surface area contributed by atoms with Crippen molar-refractivity contribution >= 4 is 22.7 Å². The highest BCUT2D eigenvalue weighted by Gasteiger charge is 2.32. The third-order valence-electron chi connectivity index (χ3n) is 7.08. The molecule has 1 aliphatic heterocycles. The Hall–Kier alpha value is -2.65. The summed E-state index contributed by atoms with van der Waals surface area (Å²) in [6.07, 6.45) is 6.05. The fourth-order valence-corrected chi connectivity index (χ4v) is 5.34. The smallest absolute Gasteiger partial charge is 0.449 e. The fourth-order valence-electron chi connectivity index (χ4n) is 5.34. The molecule has 9 heteroatoms. The van der Waals surface area contributed by atoms with E-state index in [0.717, 1.165) is 45.1 Å². The Balaban J connectivity index is 1.50. The van der Waals surface area contributed by atoms with Crippen molar-refractivity contribution in [1.29, 1.82) is 0 Å². The van der Waals surface area contributed by atoms with E-state index < -0.39 is 17.4 Å². The van der Waals surface area contributed by atoms with Crippen LogP contribution in [0.2, 0.25) is 0 Å². The van der Waals surface area contributed by atoms with Gasteiger partial charge >= 0.3 is 6.16 Å². The Labute approximate surface area is 185 Å². The van der Waals surface area contributed by atoms with Gasteiger partial charge in [-0.25, -0.2) is 9.18 Å². The molecule has 1 aromatic heterocycles. The molecule has 3 aliphatic rings. The summed E-state index contributed by atoms with van der Waals surface area (Å²) in [6, 6.07) is 3.62. The van der Waals surface area contributed by atoms with Crippen LogP contribution in [0.15, 0.2) is 23.1 Å². The maximum absolute atomic E-state index is 15.3. The number of aromatic nitrogens is 1. The summed E-state index contributed by atoms with van der Waals surface area (Å²) >= 11 is 0. The van der Waals surface area contributed by atoms with Gasteiger partial charge in [0.25, 0.3) is 0 Å². The average molecular weight is 445 g/mol. The maximum atomic E-state index is 15.3. The van der Waals surface area contributed by atoms with Crippen molar-refractivity contribution in [2.75, 3.05) is 24.5 Å². The number of anilines is 1. The topological polar surface area (TPSA) is 110 Å². The number of piperazine rings is 1. The van der Waals surface area contributed by atoms with E-state index in [9.17, 15) is 9.59 Å². The Kier molecular flexibility index (Phi) is 5.54. The number of fused-ring (bicyclic) bond motifs is 1. The Morgan fingerprint density at radius 1 is 1.25 bits per heavy atom. The van der Waals surface area contributed by atoms with Crippen molar-refractivity contribution in [3.8, 4) is 5.75 Å². The molecule has 3 fully saturated rings. The predicted molar refractivity (Wildman–Crippen MR) is 119 cm³/mol. The standard InChI is InChI=1S/C23H29FN4O4/c24-17-9-16-19(28(15-4-5-15)12-21(22(16)29)32-23(30)31)10-20(17)27-7-6-26-18(11-27)13-2-1-3-14(25)8-13/h9-10,12-15,18,26H,1-8,11,25H2,(H,30,31). The van der Waals surface area contributed by atoms with E-state index in [-0.39, 0.29) is 29.3 Å². The molecule has 4 N–H and O–H groups in total. The van der Waals surface area contributed by atoms with Crippen LogP contribution in [0.4, 0.5) is 14.9 Å². The van der Waals surface area contributed by atoms with Crippen molar-refractivity contribution in [1.82, 2.24) is 9.88 Å². The van der Waals surface area contributed by atoms with Crippen LogP contribution in [0.1, 0.15) is 44.6 Å². The number of benzene rings is 1. The zero-order valence-corrected chi connectivity index (χ0v) is 17.9. The second-order valence-corrected chi connectivity index (χ2v) is 9.34. The lowest BCUT2D eigenvalue weighted by Crippen LogP contribution is -2.55. The number of nitrogens with one attached hydrogen (secondary N) is 1. The van der Waals surface area contributed by atoms with Gasteiger partial charge in [0.2, 0.25) is 5.43 Å². The van der Waals surface area contributed by atoms with Crippen LogP contribution < -0.4 is 26.1 Å². The van der Waals surface area contributed by atoms with Crippen LogP contribution >= 0.6 is 0 Å². The summed E-state index contributed by atoms with van der Waals surface area (Å²) in [5.41, 5.74) is 6.67. The summed E-state index contributed by atoms with van der Waals surface area (Å²) in [4.78, 5) is 25.8. The molecule has 32 heavy (non-hydrogen) atoms. The first kappa shape index (κ1) is 21.2. The summed E-state index contributed by atoms with van der Waals surface area (Å²) < 4.78 is 21.8. The number of halogens is 1. The van der Waals surface area contributed by atoms with E-state index in [1.807, 2.05) is 4.57 Å². The number of hydrogen-bond acceptors (Lipinski definition) is 6. The minimum absolute atomic E-state index is 0.141. The minimum atomic E-state index is -1.56. The Morgan fingerprint density at radius 2 is 2.06 bits per heavy atom. The molecular formula is C23H29FN4O4. The van der Waals surface area contributed by atoms with Gasteiger partial charge in [-0.2, -0.15) is 0 Å². The van der Waals surface area contributed by atoms with E-state index in [1.54, 1.807) is 6.07 Å². The normalized spacial score (nSPS) is 26.3. The van der Waals surface area contributed by atoms with Crippen molar-refractivity contribution in [2.24, 2.45) is 11.7 Å². The fraction of sp³-hybridized carbons (Fsp3) is 0.565. The van der Waals surface area contributed by atoms with Crippen LogP contribution in [-0.2, 0) is 0 Å². The largest absolute Gasteiger partial charge is 0.511 e. The van der Waals surface area contributed by atoms with Gasteiger partial charge in [-0.1, -0.05) is 6.42 Å². The number of pyridine rings is 1. The minimum Gasteiger partial charge on any atom is -0.449 e. The lowest BCUT2D eigenvalue weighted by atomic mass is 9.80. The number of rotatable bonds is 4. The first-order valence-electron chi connectivity index (χ1n) is 11.4. The number of carboxylic acid groups (broad SMARTS) is 1. The van der Waals surface area contributed by atoms with E-state index in [1.165, 1.54) is 12.3 Å². The molecule has 2 heterocycles. The van der Waals surface area contributed by atoms with Gasteiger partial charge in [0.1, 0.15) is 5.82 Å². The number of ether oxygens (including phenoxy) is 1. The van der Waals surface area contributed by atoms with Gasteiger partial charge in [0.05, 0.1) is 22.8 Å². The van der Waals surface area contributed by atoms with Gasteiger partial charge in [0, 0.05) is 37.8 Å². The summed E-state index contributed by atoms with van der Waals surface area (Å²) in [5, 5.41) is 12.7. The van der Waals surface area contributed by atoms with Crippen molar-refractivity contribution in [3.05, 3.63) is 34.4 Å². The number of hydrogen-bond donors (Lipinski definition) is 3. The molecule has 0 radical (unpaired) electrons. The van der Waals surface area contributed by atoms with Crippen LogP contribution in [-0.4, -0.2) is 47.5 Å². The van der Waals surface area contributed by atoms with Gasteiger partial charge < -0.3 is 30.4 Å². The second kappa shape index (κ2) is 8.37. The third-order valence-corrected chi connectivity index (χ3v) is 7.08. The summed E-state index contributed by atoms with van der Waals surface area (Å²) in [5.74, 6) is -0.296. The first-order valence-corrected chi connectivity index (χ1v) is 11.4. The SMILES string of the molecule is NC1CCCC(C2CN(c3cc4c(cc3F)c(=O)c(OC(=O)O)cn4C3CC3)CCN2)C1. The molecule has 3 unspecified atom stereocenters. The van der Waals surface area contributed by atoms with Crippen molar-refractivity contribution in [2.45, 2.75) is 56.7 Å². The molecular weight excluding hydrogens is 415 g/mol. The van der Waals surface area contributed by atoms with Gasteiger partial charge in [-0.3, -0.25) is 4.79 Å². The van der Waals surface area contributed by atoms with Crippen molar-refractivity contribution in [3.63, 3.8) is 0 Å². The van der Waals surface area contributed by atoms with Gasteiger partial charge in [-0.15, -0.1) is 0 Å². The Morgan fingerprint density at radius 3 is 2.78 bits per heavy atom. The van der Waals surface area contributed by atoms with Crippen molar-refractivity contribution < 1.29 is 19.0 Å². The molecule has 8 nitrogen and oxygen atoms in total. The molecule has 3 atom stereocenters. The van der Waals surface area contributed by atoms with E-state index in [0.29, 0.717) is 30.2 Å². The lowest BCUT2D eigenvalue weighted by Gasteiger charge is -2.41. The zero-order chi connectivity index (χ0) is 22.4. The highest BCUT2D eigenvalue weighted by molar-refractivity contribution is 5.85. The van der Waals surface area contributed by atoms with Gasteiger partial charge in [-0.05, 0) is 50.2 Å². The molecule has 0 amide bonds. The van der Waals surface area contributed by atoms with E-state index in [4.69, 9.17) is 10.8 Å². The number of carbonyl (C=O) groups is 1. The third kappa shape index (κ3) is 4.06. The van der Waals surface area contributed by atoms with Crippen LogP contribution in [0.3, 0.4) is 0 Å². The quantitative estimate of drug-likeness (QED) is 0.622. The first-order chi connectivity index (χ1) is 15.4. The number of nitrogens with zero attached hydrogens (tertiary/aromatic N) is 2. The lowest BCUT2D eigenvalue weighted by molar-refractivity contribution is 0.143. The highest BCUT2D eigenvalue weighted by Crippen LogP contribution is 2.39. The van der Waals surface area contributed by atoms with Crippen LogP contribution in [0.25, 0.3) is 10.9 Å². The summed E-state index contributed by atoms with van der Waals surface area (Å²) in [6.45, 7) is 2.12. The molecule has 2 saturated carbocycles. The summed E-state index contributed by atoms with van der Waals surface area (Å²) in [7, 11) is 0. The monoisotopic (exact) mass is 444 g/mol. The zero-order valence-electron chi connectivity index (χ0n) is 17.9. The predicted octanol–water partition coefficient (Wildman–Crippen LogP) is 2.83. The molecule has 5 rings (SSSR count). The molecule has 172 valence electrons. The van der Waals surface area contributed by atoms with Gasteiger partial charge in [0.15, 0.2) is 5.75 Å². The van der Waals surface area contributed by atoms with Crippen LogP contribution in [0.5, 0.6) is 5.75 Å². The van der Waals surface area contributed by atoms with E-state index in [2.05, 4.69) is 15.0 Å². The maximum Gasteiger partial charge on any atom is 0.511 e. The highest BCUT2D eigenvalue weighted by atomic mass is 19.1. The Bertz CT molecular complexity index is 1100. The number of nitrogens with two attached hydrogens (primary N) is 1. The molecule has 1 aromatic carbocycles. The molecule has 0 bridgehead atoms. The molecule has 1 saturated heterocycles. The average Bonchev–Trinajstić information content (AvgIpc) is 3.61. The molecule has 2 aliphatic carbocycles. The molecule has 2 aromatic rings. The van der Waals surface area contributed by atoms with Crippen LogP contribution in [0, 0.1) is 11.7 Å². The molecule has 0 spiro atoms. The van der Waals surface area contributed by atoms with E-state index >= 15 is 4.39 Å².